The van der Waals surface area contributed by atoms with Gasteiger partial charge in [-0.1, -0.05) is 30.7 Å². The predicted octanol–water partition coefficient (Wildman–Crippen LogP) is 6.03. The van der Waals surface area contributed by atoms with Crippen molar-refractivity contribution in [2.75, 3.05) is 13.7 Å². The highest BCUT2D eigenvalue weighted by atomic mass is 35.5. The number of Topliss-reactive ketones (excluding diaryl/α,β-unsaturated/α-hetero) is 1. The molecule has 4 rings (SSSR count). The quantitative estimate of drug-likeness (QED) is 0.440. The van der Waals surface area contributed by atoms with Crippen LogP contribution in [0.1, 0.15) is 48.0 Å². The van der Waals surface area contributed by atoms with Crippen LogP contribution >= 0.6 is 22.9 Å². The molecule has 0 saturated heterocycles. The standard InChI is InChI=1S/C25H26ClNO4S/c1-25(12-10-20(31-14-13-28)21(15-25)30-2)11-9-16-5-8-19-23(22(16)29)32-24(27-19)17-3-6-18(26)7-4-17/h3-4,6-7,10,13,15-16H,5,8-9,11-12,14H2,1-2H3. The minimum absolute atomic E-state index is 0.00827. The fourth-order valence-electron chi connectivity index (χ4n) is 4.30. The number of ketones is 1. The average Bonchev–Trinajstić information content (AvgIpc) is 3.23. The number of carbonyl (C=O) groups is 2. The van der Waals surface area contributed by atoms with Crippen molar-refractivity contribution in [1.29, 1.82) is 0 Å². The number of carbonyl (C=O) groups excluding carboxylic acids is 2. The van der Waals surface area contributed by atoms with Crippen molar-refractivity contribution in [3.8, 4) is 10.6 Å². The summed E-state index contributed by atoms with van der Waals surface area (Å²) in [4.78, 5) is 29.4. The van der Waals surface area contributed by atoms with Gasteiger partial charge in [0, 0.05) is 16.5 Å². The van der Waals surface area contributed by atoms with Gasteiger partial charge < -0.3 is 9.47 Å². The van der Waals surface area contributed by atoms with Gasteiger partial charge in [-0.15, -0.1) is 11.3 Å². The number of aldehydes is 1. The van der Waals surface area contributed by atoms with E-state index in [1.54, 1.807) is 7.11 Å². The van der Waals surface area contributed by atoms with Crippen molar-refractivity contribution in [2.24, 2.45) is 11.3 Å². The van der Waals surface area contributed by atoms with Gasteiger partial charge in [0.2, 0.25) is 0 Å². The van der Waals surface area contributed by atoms with E-state index in [-0.39, 0.29) is 23.7 Å². The second kappa shape index (κ2) is 9.59. The third-order valence-corrected chi connectivity index (χ3v) is 7.59. The fourth-order valence-corrected chi connectivity index (χ4v) is 5.56. The summed E-state index contributed by atoms with van der Waals surface area (Å²) >= 11 is 7.48. The molecule has 5 nitrogen and oxygen atoms in total. The van der Waals surface area contributed by atoms with Crippen molar-refractivity contribution >= 4 is 35.0 Å². The molecule has 2 aliphatic carbocycles. The second-order valence-electron chi connectivity index (χ2n) is 8.56. The van der Waals surface area contributed by atoms with Crippen LogP contribution in [0.2, 0.25) is 5.02 Å². The van der Waals surface area contributed by atoms with Crippen LogP contribution in [0.25, 0.3) is 10.6 Å². The maximum Gasteiger partial charge on any atom is 0.177 e. The van der Waals surface area contributed by atoms with Crippen LogP contribution in [0.4, 0.5) is 0 Å². The van der Waals surface area contributed by atoms with Crippen molar-refractivity contribution < 1.29 is 19.1 Å². The molecule has 2 atom stereocenters. The number of aryl methyl sites for hydroxylation is 1. The Hall–Kier alpha value is -2.44. The molecule has 0 saturated carbocycles. The van der Waals surface area contributed by atoms with E-state index >= 15 is 0 Å². The van der Waals surface area contributed by atoms with Crippen LogP contribution in [-0.4, -0.2) is 30.8 Å². The number of aromatic nitrogens is 1. The molecule has 2 aromatic rings. The van der Waals surface area contributed by atoms with Crippen molar-refractivity contribution in [2.45, 2.75) is 39.0 Å². The van der Waals surface area contributed by atoms with Crippen LogP contribution in [0.15, 0.2) is 47.9 Å². The van der Waals surface area contributed by atoms with Gasteiger partial charge in [0.1, 0.15) is 11.6 Å². The SMILES string of the molecule is COC1=CC(C)(CCC2CCc3nc(-c4ccc(Cl)cc4)sc3C2=O)CC=C1OCC=O. The Morgan fingerprint density at radius 3 is 2.78 bits per heavy atom. The maximum atomic E-state index is 13.2. The average molecular weight is 472 g/mol. The van der Waals surface area contributed by atoms with Gasteiger partial charge in [-0.25, -0.2) is 4.98 Å². The number of allylic oxidation sites excluding steroid dienone is 2. The van der Waals surface area contributed by atoms with Gasteiger partial charge in [-0.2, -0.15) is 0 Å². The molecule has 2 unspecified atom stereocenters. The maximum absolute atomic E-state index is 13.2. The van der Waals surface area contributed by atoms with E-state index in [9.17, 15) is 9.59 Å². The number of hydrogen-bond donors (Lipinski definition) is 0. The molecule has 7 heteroatoms. The lowest BCUT2D eigenvalue weighted by molar-refractivity contribution is -0.110. The summed E-state index contributed by atoms with van der Waals surface area (Å²) in [6.45, 7) is 2.18. The van der Waals surface area contributed by atoms with E-state index in [2.05, 4.69) is 13.0 Å². The highest BCUT2D eigenvalue weighted by Crippen LogP contribution is 2.41. The summed E-state index contributed by atoms with van der Waals surface area (Å²) in [5.41, 5.74) is 1.79. The fraction of sp³-hybridized carbons (Fsp3) is 0.400. The second-order valence-corrected chi connectivity index (χ2v) is 9.99. The van der Waals surface area contributed by atoms with Gasteiger partial charge in [-0.3, -0.25) is 9.59 Å². The zero-order chi connectivity index (χ0) is 22.7. The first kappa shape index (κ1) is 22.7. The number of halogens is 1. The lowest BCUT2D eigenvalue weighted by Crippen LogP contribution is -2.25. The van der Waals surface area contributed by atoms with Crippen molar-refractivity contribution in [3.05, 3.63) is 63.5 Å². The first-order valence-electron chi connectivity index (χ1n) is 10.8. The Bertz CT molecular complexity index is 1070. The predicted molar refractivity (Wildman–Crippen MR) is 126 cm³/mol. The zero-order valence-electron chi connectivity index (χ0n) is 18.2. The number of fused-ring (bicyclic) bond motifs is 1. The van der Waals surface area contributed by atoms with Gasteiger partial charge in [0.15, 0.2) is 23.6 Å². The van der Waals surface area contributed by atoms with Crippen LogP contribution in [0, 0.1) is 11.3 Å². The third kappa shape index (κ3) is 4.81. The van der Waals surface area contributed by atoms with E-state index in [1.165, 1.54) is 11.3 Å². The van der Waals surface area contributed by atoms with E-state index in [0.717, 1.165) is 59.5 Å². The molecule has 1 heterocycles. The number of rotatable bonds is 8. The van der Waals surface area contributed by atoms with Crippen LogP contribution in [0.3, 0.4) is 0 Å². The molecule has 32 heavy (non-hydrogen) atoms. The highest BCUT2D eigenvalue weighted by Gasteiger charge is 2.34. The first-order valence-corrected chi connectivity index (χ1v) is 12.0. The molecule has 0 amide bonds. The normalized spacial score (nSPS) is 22.6. The molecular weight excluding hydrogens is 446 g/mol. The van der Waals surface area contributed by atoms with Crippen molar-refractivity contribution in [1.82, 2.24) is 4.98 Å². The summed E-state index contributed by atoms with van der Waals surface area (Å²) in [7, 11) is 1.60. The zero-order valence-corrected chi connectivity index (χ0v) is 19.8. The molecule has 1 aromatic heterocycles. The number of nitrogens with zero attached hydrogens (tertiary/aromatic N) is 1. The highest BCUT2D eigenvalue weighted by molar-refractivity contribution is 7.17. The molecular formula is C25H26ClNO4S. The van der Waals surface area contributed by atoms with E-state index in [1.807, 2.05) is 30.3 Å². The smallest absolute Gasteiger partial charge is 0.177 e. The Kier molecular flexibility index (Phi) is 6.82. The number of hydrogen-bond acceptors (Lipinski definition) is 6. The molecule has 0 aliphatic heterocycles. The third-order valence-electron chi connectivity index (χ3n) is 6.18. The summed E-state index contributed by atoms with van der Waals surface area (Å²) in [5.74, 6) is 1.47. The Morgan fingerprint density at radius 1 is 1.28 bits per heavy atom. The lowest BCUT2D eigenvalue weighted by atomic mass is 9.75. The Morgan fingerprint density at radius 2 is 2.06 bits per heavy atom. The van der Waals surface area contributed by atoms with Crippen LogP contribution < -0.4 is 0 Å². The Labute approximate surface area is 197 Å². The topological polar surface area (TPSA) is 65.5 Å². The molecule has 0 spiro atoms. The molecule has 0 radical (unpaired) electrons. The molecule has 2 aliphatic rings. The first-order chi connectivity index (χ1) is 15.4. The Balaban J connectivity index is 1.43. The summed E-state index contributed by atoms with van der Waals surface area (Å²) < 4.78 is 10.9. The largest absolute Gasteiger partial charge is 0.493 e. The minimum Gasteiger partial charge on any atom is -0.493 e. The van der Waals surface area contributed by atoms with Crippen LogP contribution in [-0.2, 0) is 20.7 Å². The van der Waals surface area contributed by atoms with Crippen molar-refractivity contribution in [3.63, 3.8) is 0 Å². The number of methoxy groups -OCH3 is 1. The van der Waals surface area contributed by atoms with E-state index in [0.29, 0.717) is 16.5 Å². The minimum atomic E-state index is -0.123. The molecule has 0 bridgehead atoms. The summed E-state index contributed by atoms with van der Waals surface area (Å²) in [6.07, 6.45) is 8.89. The number of ether oxygens (including phenoxy) is 2. The van der Waals surface area contributed by atoms with Gasteiger partial charge in [0.05, 0.1) is 17.7 Å². The summed E-state index contributed by atoms with van der Waals surface area (Å²) in [6, 6.07) is 7.58. The molecule has 0 fully saturated rings. The lowest BCUT2D eigenvalue weighted by Gasteiger charge is -2.31. The van der Waals surface area contributed by atoms with Crippen LogP contribution in [0.5, 0.6) is 0 Å². The van der Waals surface area contributed by atoms with E-state index < -0.39 is 0 Å². The van der Waals surface area contributed by atoms with Gasteiger partial charge in [0.25, 0.3) is 0 Å². The van der Waals surface area contributed by atoms with Gasteiger partial charge in [-0.05, 0) is 61.8 Å². The van der Waals surface area contributed by atoms with Gasteiger partial charge >= 0.3 is 0 Å². The molecule has 0 N–H and O–H groups in total. The number of thiazole rings is 1. The summed E-state index contributed by atoms with van der Waals surface area (Å²) in [5, 5.41) is 1.56. The monoisotopic (exact) mass is 471 g/mol. The molecule has 1 aromatic carbocycles. The molecule has 168 valence electrons. The van der Waals surface area contributed by atoms with E-state index in [4.69, 9.17) is 26.1 Å². The number of benzene rings is 1.